The zero-order valence-electron chi connectivity index (χ0n) is 15.0. The van der Waals surface area contributed by atoms with Crippen LogP contribution in [0.3, 0.4) is 0 Å². The number of hydrazine groups is 1. The van der Waals surface area contributed by atoms with E-state index in [1.54, 1.807) is 0 Å². The van der Waals surface area contributed by atoms with E-state index in [-0.39, 0.29) is 17.9 Å². The Balaban J connectivity index is 1.60. The van der Waals surface area contributed by atoms with Gasteiger partial charge in [0.15, 0.2) is 0 Å². The fourth-order valence-electron chi connectivity index (χ4n) is 4.75. The first-order chi connectivity index (χ1) is 13.1. The van der Waals surface area contributed by atoms with Crippen molar-refractivity contribution >= 4 is 29.1 Å². The summed E-state index contributed by atoms with van der Waals surface area (Å²) in [5.41, 5.74) is 2.66. The standard InChI is InChI=1S/C21H20ClN3O2/c1-13-7-9-14(10-8-13)25-20(26)17-18(15-5-2-3-6-16(15)22)23-11-4-12-24(23)19(17)21(25)27/h2-3,5-10,17-19H,4,11-12H2,1H3. The van der Waals surface area contributed by atoms with Crippen LogP contribution in [0, 0.1) is 12.8 Å². The molecule has 6 heteroatoms. The highest BCUT2D eigenvalue weighted by atomic mass is 35.5. The summed E-state index contributed by atoms with van der Waals surface area (Å²) in [5.74, 6) is -0.692. The maximum Gasteiger partial charge on any atom is 0.253 e. The van der Waals surface area contributed by atoms with Crippen molar-refractivity contribution in [1.29, 1.82) is 0 Å². The molecule has 0 aliphatic carbocycles. The van der Waals surface area contributed by atoms with Crippen molar-refractivity contribution in [2.24, 2.45) is 5.92 Å². The summed E-state index contributed by atoms with van der Waals surface area (Å²) in [4.78, 5) is 28.1. The second kappa shape index (κ2) is 6.16. The van der Waals surface area contributed by atoms with E-state index < -0.39 is 12.0 Å². The predicted octanol–water partition coefficient (Wildman–Crippen LogP) is 3.18. The molecule has 3 aliphatic heterocycles. The van der Waals surface area contributed by atoms with Crippen molar-refractivity contribution in [1.82, 2.24) is 10.0 Å². The molecule has 0 N–H and O–H groups in total. The molecule has 0 bridgehead atoms. The molecule has 3 atom stereocenters. The van der Waals surface area contributed by atoms with Crippen molar-refractivity contribution in [3.05, 3.63) is 64.7 Å². The van der Waals surface area contributed by atoms with Crippen LogP contribution in [0.2, 0.25) is 5.02 Å². The number of aryl methyl sites for hydroxylation is 1. The van der Waals surface area contributed by atoms with Crippen LogP contribution in [0.25, 0.3) is 0 Å². The number of benzene rings is 2. The first-order valence-corrected chi connectivity index (χ1v) is 9.68. The number of imide groups is 1. The number of anilines is 1. The summed E-state index contributed by atoms with van der Waals surface area (Å²) in [5, 5.41) is 4.91. The van der Waals surface area contributed by atoms with Gasteiger partial charge in [0.2, 0.25) is 5.91 Å². The van der Waals surface area contributed by atoms with E-state index in [0.29, 0.717) is 10.7 Å². The van der Waals surface area contributed by atoms with E-state index in [1.165, 1.54) is 4.90 Å². The highest BCUT2D eigenvalue weighted by Crippen LogP contribution is 2.50. The molecule has 5 rings (SSSR count). The highest BCUT2D eigenvalue weighted by Gasteiger charge is 2.63. The molecular formula is C21H20ClN3O2. The van der Waals surface area contributed by atoms with Gasteiger partial charge in [-0.05, 0) is 37.1 Å². The Bertz CT molecular complexity index is 929. The van der Waals surface area contributed by atoms with Gasteiger partial charge in [-0.25, -0.2) is 14.9 Å². The predicted molar refractivity (Wildman–Crippen MR) is 103 cm³/mol. The molecule has 3 unspecified atom stereocenters. The molecular weight excluding hydrogens is 362 g/mol. The van der Waals surface area contributed by atoms with Gasteiger partial charge in [-0.2, -0.15) is 0 Å². The molecule has 5 nitrogen and oxygen atoms in total. The van der Waals surface area contributed by atoms with Gasteiger partial charge in [0.1, 0.15) is 6.04 Å². The molecule has 0 spiro atoms. The Kier molecular flexibility index (Phi) is 3.86. The lowest BCUT2D eigenvalue weighted by Crippen LogP contribution is -2.44. The smallest absolute Gasteiger partial charge is 0.253 e. The third kappa shape index (κ3) is 2.39. The van der Waals surface area contributed by atoms with Crippen LogP contribution in [-0.2, 0) is 9.59 Å². The molecule has 3 heterocycles. The molecule has 138 valence electrons. The monoisotopic (exact) mass is 381 g/mol. The van der Waals surface area contributed by atoms with Crippen LogP contribution >= 0.6 is 11.6 Å². The first kappa shape index (κ1) is 16.9. The number of nitrogens with zero attached hydrogens (tertiary/aromatic N) is 3. The van der Waals surface area contributed by atoms with E-state index in [4.69, 9.17) is 11.6 Å². The Morgan fingerprint density at radius 1 is 0.889 bits per heavy atom. The summed E-state index contributed by atoms with van der Waals surface area (Å²) in [6.45, 7) is 3.62. The van der Waals surface area contributed by atoms with Gasteiger partial charge in [0.25, 0.3) is 5.91 Å². The maximum atomic E-state index is 13.4. The molecule has 0 aromatic heterocycles. The average Bonchev–Trinajstić information content (AvgIpc) is 3.30. The molecule has 3 saturated heterocycles. The number of hydrogen-bond acceptors (Lipinski definition) is 4. The van der Waals surface area contributed by atoms with E-state index in [0.717, 1.165) is 30.6 Å². The number of carbonyl (C=O) groups is 2. The number of fused-ring (bicyclic) bond motifs is 3. The summed E-state index contributed by atoms with van der Waals surface area (Å²) < 4.78 is 0. The average molecular weight is 382 g/mol. The number of amides is 2. The van der Waals surface area contributed by atoms with Gasteiger partial charge in [0, 0.05) is 18.1 Å². The third-order valence-corrected chi connectivity index (χ3v) is 6.27. The molecule has 2 aromatic rings. The zero-order chi connectivity index (χ0) is 18.7. The normalized spacial score (nSPS) is 28.1. The van der Waals surface area contributed by atoms with Crippen LogP contribution in [0.4, 0.5) is 5.69 Å². The zero-order valence-corrected chi connectivity index (χ0v) is 15.8. The Morgan fingerprint density at radius 3 is 2.26 bits per heavy atom. The van der Waals surface area contributed by atoms with Gasteiger partial charge in [-0.15, -0.1) is 0 Å². The third-order valence-electron chi connectivity index (χ3n) is 5.92. The van der Waals surface area contributed by atoms with Crippen molar-refractivity contribution in [2.45, 2.75) is 25.4 Å². The second-order valence-electron chi connectivity index (χ2n) is 7.46. The van der Waals surface area contributed by atoms with Crippen molar-refractivity contribution < 1.29 is 9.59 Å². The fraction of sp³-hybridized carbons (Fsp3) is 0.333. The highest BCUT2D eigenvalue weighted by molar-refractivity contribution is 6.31. The minimum Gasteiger partial charge on any atom is -0.274 e. The summed E-state index contributed by atoms with van der Waals surface area (Å²) >= 11 is 6.48. The van der Waals surface area contributed by atoms with E-state index in [1.807, 2.05) is 55.5 Å². The van der Waals surface area contributed by atoms with Crippen LogP contribution < -0.4 is 4.90 Å². The Labute approximate surface area is 163 Å². The van der Waals surface area contributed by atoms with Crippen LogP contribution in [0.5, 0.6) is 0 Å². The number of carbonyl (C=O) groups excluding carboxylic acids is 2. The van der Waals surface area contributed by atoms with Gasteiger partial charge >= 0.3 is 0 Å². The van der Waals surface area contributed by atoms with Crippen molar-refractivity contribution in [3.63, 3.8) is 0 Å². The van der Waals surface area contributed by atoms with E-state index in [9.17, 15) is 9.59 Å². The molecule has 0 radical (unpaired) electrons. The molecule has 0 saturated carbocycles. The van der Waals surface area contributed by atoms with Crippen molar-refractivity contribution in [3.8, 4) is 0 Å². The van der Waals surface area contributed by atoms with Gasteiger partial charge in [-0.3, -0.25) is 9.59 Å². The quantitative estimate of drug-likeness (QED) is 0.749. The SMILES string of the molecule is Cc1ccc(N2C(=O)C3C(C2=O)N2CCCN2C3c2ccccc2Cl)cc1. The molecule has 3 aliphatic rings. The van der Waals surface area contributed by atoms with Gasteiger partial charge < -0.3 is 0 Å². The van der Waals surface area contributed by atoms with Crippen molar-refractivity contribution in [2.75, 3.05) is 18.0 Å². The lowest BCUT2D eigenvalue weighted by Gasteiger charge is -2.30. The lowest BCUT2D eigenvalue weighted by atomic mass is 9.90. The number of rotatable bonds is 2. The van der Waals surface area contributed by atoms with Gasteiger partial charge in [-0.1, -0.05) is 47.5 Å². The van der Waals surface area contributed by atoms with Crippen LogP contribution in [0.1, 0.15) is 23.6 Å². The second-order valence-corrected chi connectivity index (χ2v) is 7.87. The number of halogens is 1. The fourth-order valence-corrected chi connectivity index (χ4v) is 5.00. The summed E-state index contributed by atoms with van der Waals surface area (Å²) in [6, 6.07) is 14.6. The Hall–Kier alpha value is -2.21. The molecule has 2 aromatic carbocycles. The summed E-state index contributed by atoms with van der Waals surface area (Å²) in [7, 11) is 0. The summed E-state index contributed by atoms with van der Waals surface area (Å²) in [6.07, 6.45) is 0.982. The minimum absolute atomic E-state index is 0.129. The first-order valence-electron chi connectivity index (χ1n) is 9.30. The van der Waals surface area contributed by atoms with Gasteiger partial charge in [0.05, 0.1) is 17.6 Å². The van der Waals surface area contributed by atoms with E-state index >= 15 is 0 Å². The molecule has 2 amide bonds. The largest absolute Gasteiger partial charge is 0.274 e. The lowest BCUT2D eigenvalue weighted by molar-refractivity contribution is -0.126. The molecule has 3 fully saturated rings. The minimum atomic E-state index is -0.442. The Morgan fingerprint density at radius 2 is 1.56 bits per heavy atom. The number of hydrogen-bond donors (Lipinski definition) is 0. The van der Waals surface area contributed by atoms with Crippen LogP contribution in [-0.4, -0.2) is 41.0 Å². The maximum absolute atomic E-state index is 13.4. The molecule has 27 heavy (non-hydrogen) atoms. The van der Waals surface area contributed by atoms with E-state index in [2.05, 4.69) is 10.0 Å². The topological polar surface area (TPSA) is 43.9 Å². The van der Waals surface area contributed by atoms with Crippen LogP contribution in [0.15, 0.2) is 48.5 Å².